The Hall–Kier alpha value is -5.27. The van der Waals surface area contributed by atoms with Crippen molar-refractivity contribution in [3.05, 3.63) is 66.6 Å². The zero-order chi connectivity index (χ0) is 29.1. The molecule has 1 aliphatic rings. The van der Waals surface area contributed by atoms with Crippen LogP contribution >= 0.6 is 0 Å². The number of hydrogen-bond donors (Lipinski definition) is 3. The van der Waals surface area contributed by atoms with Crippen molar-refractivity contribution in [2.45, 2.75) is 6.92 Å². The third-order valence-electron chi connectivity index (χ3n) is 6.64. The quantitative estimate of drug-likeness (QED) is 0.198. The van der Waals surface area contributed by atoms with Gasteiger partial charge in [0.2, 0.25) is 11.9 Å². The summed E-state index contributed by atoms with van der Waals surface area (Å²) in [5.74, 6) is -0.442. The molecule has 0 saturated carbocycles. The van der Waals surface area contributed by atoms with Gasteiger partial charge in [-0.25, -0.2) is 34.2 Å². The van der Waals surface area contributed by atoms with Gasteiger partial charge in [-0.3, -0.25) is 4.79 Å². The minimum Gasteiger partial charge on any atom is -0.457 e. The molecular formula is C27H26F2N10O2. The van der Waals surface area contributed by atoms with E-state index in [4.69, 9.17) is 10.3 Å². The summed E-state index contributed by atoms with van der Waals surface area (Å²) in [6.45, 7) is 7.15. The second-order valence-corrected chi connectivity index (χ2v) is 9.08. The molecule has 4 aromatic rings. The van der Waals surface area contributed by atoms with Gasteiger partial charge in [0.1, 0.15) is 34.5 Å². The van der Waals surface area contributed by atoms with E-state index in [0.717, 1.165) is 6.07 Å². The molecular weight excluding hydrogens is 534 g/mol. The molecule has 1 saturated heterocycles. The van der Waals surface area contributed by atoms with Crippen molar-refractivity contribution in [3.8, 4) is 11.5 Å². The van der Waals surface area contributed by atoms with Crippen molar-refractivity contribution in [3.63, 3.8) is 0 Å². The fourth-order valence-electron chi connectivity index (χ4n) is 4.44. The van der Waals surface area contributed by atoms with Crippen LogP contribution in [0.25, 0.3) is 11.0 Å². The van der Waals surface area contributed by atoms with E-state index in [2.05, 4.69) is 42.3 Å². The molecule has 0 aliphatic carbocycles. The molecule has 2 aromatic heterocycles. The van der Waals surface area contributed by atoms with E-state index in [1.54, 1.807) is 11.1 Å². The molecule has 1 aliphatic heterocycles. The van der Waals surface area contributed by atoms with E-state index in [1.165, 1.54) is 44.6 Å². The average molecular weight is 561 g/mol. The highest BCUT2D eigenvalue weighted by Gasteiger charge is 2.22. The first-order chi connectivity index (χ1) is 19.8. The van der Waals surface area contributed by atoms with Gasteiger partial charge in [0.25, 0.3) is 0 Å². The van der Waals surface area contributed by atoms with Crippen LogP contribution in [0, 0.1) is 24.1 Å². The largest absolute Gasteiger partial charge is 0.457 e. The van der Waals surface area contributed by atoms with Crippen molar-refractivity contribution in [2.75, 3.05) is 48.8 Å². The van der Waals surface area contributed by atoms with E-state index < -0.39 is 11.6 Å². The van der Waals surface area contributed by atoms with Crippen LogP contribution < -0.4 is 20.3 Å². The molecule has 5 rings (SSSR count). The van der Waals surface area contributed by atoms with Crippen molar-refractivity contribution in [2.24, 2.45) is 5.11 Å². The minimum absolute atomic E-state index is 0.0445. The number of benzene rings is 2. The van der Waals surface area contributed by atoms with Gasteiger partial charge in [-0.1, -0.05) is 6.58 Å². The topological polar surface area (TPSA) is 145 Å². The maximum atomic E-state index is 15.5. The number of carbonyl (C=O) groups is 1. The minimum atomic E-state index is -0.656. The van der Waals surface area contributed by atoms with E-state index >= 15 is 4.39 Å². The Bertz CT molecular complexity index is 1660. The third kappa shape index (κ3) is 5.44. The van der Waals surface area contributed by atoms with Crippen molar-refractivity contribution < 1.29 is 18.3 Å². The molecule has 14 heteroatoms. The Morgan fingerprint density at radius 3 is 2.66 bits per heavy atom. The number of amides is 1. The SMILES string of the molecule is C=CC(=O)N1CCN(c2ncc3ncnc(Nc4ccc(Oc5cc(F)c(NC)c(N=N)c5)c(C)c4F)c3n2)CC1. The van der Waals surface area contributed by atoms with Gasteiger partial charge < -0.3 is 25.2 Å². The van der Waals surface area contributed by atoms with Gasteiger partial charge in [0.15, 0.2) is 17.5 Å². The first kappa shape index (κ1) is 27.3. The molecule has 12 nitrogen and oxygen atoms in total. The molecule has 3 N–H and O–H groups in total. The number of piperazine rings is 1. The maximum Gasteiger partial charge on any atom is 0.246 e. The molecule has 2 aromatic carbocycles. The summed E-state index contributed by atoms with van der Waals surface area (Å²) >= 11 is 0. The first-order valence-electron chi connectivity index (χ1n) is 12.6. The zero-order valence-electron chi connectivity index (χ0n) is 22.3. The standard InChI is InChI=1S/C27H26F2N10O2/c1-4-22(40)38-7-9-39(10-8-38)27-32-13-20-25(36-27)26(34-14-33-20)35-18-5-6-21(15(2)23(18)29)41-16-11-17(28)24(31-3)19(12-16)37-30/h4-6,11-14,30-31H,1,7-10H2,2-3H3,(H,33,34,35). The summed E-state index contributed by atoms with van der Waals surface area (Å²) in [5.41, 5.74) is 8.53. The number of nitrogens with one attached hydrogen (secondary N) is 3. The smallest absolute Gasteiger partial charge is 0.246 e. The second kappa shape index (κ2) is 11.5. The van der Waals surface area contributed by atoms with Crippen LogP contribution in [0.5, 0.6) is 11.5 Å². The molecule has 0 unspecified atom stereocenters. The Morgan fingerprint density at radius 2 is 1.95 bits per heavy atom. The molecule has 41 heavy (non-hydrogen) atoms. The molecule has 1 fully saturated rings. The van der Waals surface area contributed by atoms with E-state index in [1.807, 2.05) is 4.90 Å². The highest BCUT2D eigenvalue weighted by Crippen LogP contribution is 2.37. The number of carbonyl (C=O) groups excluding carboxylic acids is 1. The molecule has 0 atom stereocenters. The van der Waals surface area contributed by atoms with Crippen LogP contribution in [-0.2, 0) is 4.79 Å². The Labute approximate surface area is 233 Å². The fourth-order valence-corrected chi connectivity index (χ4v) is 4.44. The predicted octanol–water partition coefficient (Wildman–Crippen LogP) is 5.08. The van der Waals surface area contributed by atoms with Gasteiger partial charge in [-0.15, -0.1) is 0 Å². The summed E-state index contributed by atoms with van der Waals surface area (Å²) < 4.78 is 35.6. The molecule has 0 spiro atoms. The van der Waals surface area contributed by atoms with Crippen molar-refractivity contribution in [1.82, 2.24) is 24.8 Å². The van der Waals surface area contributed by atoms with Gasteiger partial charge in [0.05, 0.1) is 17.6 Å². The van der Waals surface area contributed by atoms with E-state index in [9.17, 15) is 9.18 Å². The van der Waals surface area contributed by atoms with Crippen molar-refractivity contribution in [1.29, 1.82) is 5.53 Å². The Kier molecular flexibility index (Phi) is 7.63. The van der Waals surface area contributed by atoms with Gasteiger partial charge in [-0.05, 0) is 25.1 Å². The lowest BCUT2D eigenvalue weighted by atomic mass is 10.1. The summed E-state index contributed by atoms with van der Waals surface area (Å²) in [6.07, 6.45) is 4.19. The number of anilines is 4. The van der Waals surface area contributed by atoms with Crippen LogP contribution in [0.15, 0.2) is 54.6 Å². The third-order valence-corrected chi connectivity index (χ3v) is 6.64. The van der Waals surface area contributed by atoms with Crippen LogP contribution in [0.3, 0.4) is 0 Å². The summed E-state index contributed by atoms with van der Waals surface area (Å²) in [6, 6.07) is 5.52. The van der Waals surface area contributed by atoms with Gasteiger partial charge in [0, 0.05) is 50.9 Å². The number of ether oxygens (including phenoxy) is 1. The van der Waals surface area contributed by atoms with Gasteiger partial charge in [-0.2, -0.15) is 5.11 Å². The second-order valence-electron chi connectivity index (χ2n) is 9.08. The lowest BCUT2D eigenvalue weighted by Gasteiger charge is -2.34. The lowest BCUT2D eigenvalue weighted by molar-refractivity contribution is -0.126. The lowest BCUT2D eigenvalue weighted by Crippen LogP contribution is -2.48. The highest BCUT2D eigenvalue weighted by atomic mass is 19.1. The van der Waals surface area contributed by atoms with E-state index in [0.29, 0.717) is 43.2 Å². The fraction of sp³-hybridized carbons (Fsp3) is 0.222. The van der Waals surface area contributed by atoms with Crippen LogP contribution in [0.1, 0.15) is 5.56 Å². The molecule has 1 amide bonds. The summed E-state index contributed by atoms with van der Waals surface area (Å²) in [7, 11) is 1.52. The van der Waals surface area contributed by atoms with Crippen molar-refractivity contribution >= 4 is 45.8 Å². The Morgan fingerprint density at radius 1 is 1.17 bits per heavy atom. The number of fused-ring (bicyclic) bond motifs is 1. The van der Waals surface area contributed by atoms with Crippen LogP contribution in [0.2, 0.25) is 0 Å². The predicted molar refractivity (Wildman–Crippen MR) is 149 cm³/mol. The molecule has 210 valence electrons. The summed E-state index contributed by atoms with van der Waals surface area (Å²) in [5, 5.41) is 8.95. The zero-order valence-corrected chi connectivity index (χ0v) is 22.3. The molecule has 0 bridgehead atoms. The van der Waals surface area contributed by atoms with Crippen LogP contribution in [-0.4, -0.2) is 64.0 Å². The molecule has 0 radical (unpaired) electrons. The molecule has 3 heterocycles. The van der Waals surface area contributed by atoms with E-state index in [-0.39, 0.29) is 45.8 Å². The van der Waals surface area contributed by atoms with Gasteiger partial charge >= 0.3 is 0 Å². The first-order valence-corrected chi connectivity index (χ1v) is 12.6. The monoisotopic (exact) mass is 560 g/mol. The number of nitrogens with zero attached hydrogens (tertiary/aromatic N) is 7. The number of rotatable bonds is 8. The average Bonchev–Trinajstić information content (AvgIpc) is 3.00. The number of aromatic nitrogens is 4. The normalized spacial score (nSPS) is 13.2. The Balaban J connectivity index is 1.39. The number of hydrogen-bond acceptors (Lipinski definition) is 11. The highest BCUT2D eigenvalue weighted by molar-refractivity contribution is 5.88. The van der Waals surface area contributed by atoms with Crippen LogP contribution in [0.4, 0.5) is 37.6 Å². The summed E-state index contributed by atoms with van der Waals surface area (Å²) in [4.78, 5) is 33.1. The maximum absolute atomic E-state index is 15.5. The number of halogens is 2.